The normalized spacial score (nSPS) is 16.3. The lowest BCUT2D eigenvalue weighted by Crippen LogP contribution is -2.50. The molecule has 0 bridgehead atoms. The van der Waals surface area contributed by atoms with Crippen molar-refractivity contribution in [3.63, 3.8) is 0 Å². The molecule has 12 nitrogen and oxygen atoms in total. The highest BCUT2D eigenvalue weighted by Gasteiger charge is 2.52. The standard InChI is InChI=1S/C27H22ClFN6O6/c1-13-32-23(35-41-13)22-18(8-15(28)9-19(22)29)14-3-4-17-20(12-39-21(17)7-14)33-24(36)27(5-6-27)34-26(37)40-16-10-30-25(38-2)31-11-16/h3-4,7-11,20H,5-6,12H2,1-2H3,(H,33,36)(H,34,37). The van der Waals surface area contributed by atoms with Crippen molar-refractivity contribution in [3.8, 4) is 40.0 Å². The van der Waals surface area contributed by atoms with Gasteiger partial charge in [0.15, 0.2) is 5.75 Å². The van der Waals surface area contributed by atoms with Gasteiger partial charge in [0, 0.05) is 17.5 Å². The third-order valence-electron chi connectivity index (χ3n) is 6.74. The fourth-order valence-corrected chi connectivity index (χ4v) is 4.75. The summed E-state index contributed by atoms with van der Waals surface area (Å²) in [7, 11) is 1.42. The largest absolute Gasteiger partial charge is 0.491 e. The molecule has 0 radical (unpaired) electrons. The van der Waals surface area contributed by atoms with E-state index < -0.39 is 23.5 Å². The molecular formula is C27H22ClFN6O6. The molecule has 6 rings (SSSR count). The molecule has 0 saturated heterocycles. The molecule has 1 atom stereocenters. The molecule has 2 aromatic carbocycles. The number of ether oxygens (including phenoxy) is 3. The van der Waals surface area contributed by atoms with E-state index in [1.807, 2.05) is 0 Å². The number of hydrogen-bond donors (Lipinski definition) is 2. The van der Waals surface area contributed by atoms with Crippen LogP contribution in [-0.4, -0.2) is 51.4 Å². The van der Waals surface area contributed by atoms with Crippen molar-refractivity contribution in [2.24, 2.45) is 0 Å². The number of nitrogens with zero attached hydrogens (tertiary/aromatic N) is 4. The third kappa shape index (κ3) is 5.23. The second-order valence-corrected chi connectivity index (χ2v) is 9.98. The van der Waals surface area contributed by atoms with Gasteiger partial charge in [0.1, 0.15) is 23.7 Å². The van der Waals surface area contributed by atoms with Gasteiger partial charge in [-0.2, -0.15) is 15.0 Å². The number of carbonyl (C=O) groups is 2. The van der Waals surface area contributed by atoms with Crippen LogP contribution in [0.5, 0.6) is 17.5 Å². The van der Waals surface area contributed by atoms with Crippen molar-refractivity contribution in [1.29, 1.82) is 0 Å². The summed E-state index contributed by atoms with van der Waals surface area (Å²) in [5.41, 5.74) is 0.847. The summed E-state index contributed by atoms with van der Waals surface area (Å²) in [6.45, 7) is 1.79. The van der Waals surface area contributed by atoms with E-state index >= 15 is 0 Å². The first-order valence-corrected chi connectivity index (χ1v) is 12.9. The van der Waals surface area contributed by atoms with Crippen molar-refractivity contribution < 1.29 is 32.7 Å². The van der Waals surface area contributed by atoms with E-state index in [1.165, 1.54) is 25.6 Å². The minimum absolute atomic E-state index is 0.0958. The monoisotopic (exact) mass is 580 g/mol. The Bertz CT molecular complexity index is 1660. The van der Waals surface area contributed by atoms with E-state index in [9.17, 15) is 14.0 Å². The maximum Gasteiger partial charge on any atom is 0.413 e. The van der Waals surface area contributed by atoms with Crippen LogP contribution in [0, 0.1) is 12.7 Å². The zero-order valence-corrected chi connectivity index (χ0v) is 22.5. The van der Waals surface area contributed by atoms with Crippen LogP contribution in [0.25, 0.3) is 22.5 Å². The number of fused-ring (bicyclic) bond motifs is 1. The fraction of sp³-hybridized carbons (Fsp3) is 0.259. The van der Waals surface area contributed by atoms with Gasteiger partial charge in [-0.05, 0) is 42.2 Å². The van der Waals surface area contributed by atoms with Crippen LogP contribution in [0.2, 0.25) is 5.02 Å². The summed E-state index contributed by atoms with van der Waals surface area (Å²) in [5.74, 6) is 0.0455. The van der Waals surface area contributed by atoms with Gasteiger partial charge in [0.25, 0.3) is 0 Å². The van der Waals surface area contributed by atoms with E-state index in [1.54, 1.807) is 31.2 Å². The van der Waals surface area contributed by atoms with Crippen LogP contribution in [0.4, 0.5) is 9.18 Å². The fourth-order valence-electron chi connectivity index (χ4n) is 4.55. The molecule has 2 N–H and O–H groups in total. The predicted molar refractivity (Wildman–Crippen MR) is 141 cm³/mol. The van der Waals surface area contributed by atoms with E-state index in [4.69, 9.17) is 30.3 Å². The number of halogens is 2. The number of nitrogens with one attached hydrogen (secondary N) is 2. The maximum atomic E-state index is 15.0. The molecule has 1 fully saturated rings. The number of amides is 2. The first-order chi connectivity index (χ1) is 19.7. The van der Waals surface area contributed by atoms with Crippen molar-refractivity contribution in [2.75, 3.05) is 13.7 Å². The number of rotatable bonds is 7. The van der Waals surface area contributed by atoms with Gasteiger partial charge < -0.3 is 29.4 Å². The summed E-state index contributed by atoms with van der Waals surface area (Å²) >= 11 is 6.17. The van der Waals surface area contributed by atoms with Crippen LogP contribution in [-0.2, 0) is 4.79 Å². The number of aromatic nitrogens is 4. The van der Waals surface area contributed by atoms with Crippen molar-refractivity contribution in [2.45, 2.75) is 31.3 Å². The Morgan fingerprint density at radius 3 is 2.63 bits per heavy atom. The minimum Gasteiger partial charge on any atom is -0.491 e. The molecule has 2 aromatic heterocycles. The van der Waals surface area contributed by atoms with E-state index in [-0.39, 0.29) is 40.7 Å². The number of hydrogen-bond acceptors (Lipinski definition) is 10. The Kier molecular flexibility index (Phi) is 6.66. The van der Waals surface area contributed by atoms with Gasteiger partial charge >= 0.3 is 12.1 Å². The zero-order chi connectivity index (χ0) is 28.7. The average molecular weight is 581 g/mol. The lowest BCUT2D eigenvalue weighted by Gasteiger charge is -2.20. The molecule has 0 spiro atoms. The van der Waals surface area contributed by atoms with E-state index in [0.717, 1.165) is 5.56 Å². The van der Waals surface area contributed by atoms with Crippen LogP contribution in [0.15, 0.2) is 47.2 Å². The lowest BCUT2D eigenvalue weighted by molar-refractivity contribution is -0.124. The van der Waals surface area contributed by atoms with E-state index in [0.29, 0.717) is 35.6 Å². The molecule has 3 heterocycles. The predicted octanol–water partition coefficient (Wildman–Crippen LogP) is 4.17. The molecular weight excluding hydrogens is 559 g/mol. The van der Waals surface area contributed by atoms with Crippen LogP contribution < -0.4 is 24.8 Å². The molecule has 4 aromatic rings. The van der Waals surface area contributed by atoms with Gasteiger partial charge in [-0.15, -0.1) is 0 Å². The Morgan fingerprint density at radius 2 is 1.95 bits per heavy atom. The summed E-state index contributed by atoms with van der Waals surface area (Å²) < 4.78 is 36.0. The van der Waals surface area contributed by atoms with Gasteiger partial charge in [-0.25, -0.2) is 9.18 Å². The topological polar surface area (TPSA) is 151 Å². The summed E-state index contributed by atoms with van der Waals surface area (Å²) in [6.07, 6.45) is 2.67. The highest BCUT2D eigenvalue weighted by molar-refractivity contribution is 6.31. The van der Waals surface area contributed by atoms with Crippen LogP contribution >= 0.6 is 11.6 Å². The molecule has 1 aliphatic heterocycles. The zero-order valence-electron chi connectivity index (χ0n) is 21.7. The quantitative estimate of drug-likeness (QED) is 0.326. The molecule has 14 heteroatoms. The van der Waals surface area contributed by atoms with E-state index in [2.05, 4.69) is 30.7 Å². The molecule has 1 aliphatic carbocycles. The van der Waals surface area contributed by atoms with Gasteiger partial charge in [-0.1, -0.05) is 28.9 Å². The maximum absolute atomic E-state index is 15.0. The van der Waals surface area contributed by atoms with Crippen LogP contribution in [0.3, 0.4) is 0 Å². The van der Waals surface area contributed by atoms with Crippen molar-refractivity contribution >= 4 is 23.6 Å². The summed E-state index contributed by atoms with van der Waals surface area (Å²) in [6, 6.07) is 7.76. The number of benzene rings is 2. The molecule has 1 unspecified atom stereocenters. The lowest BCUT2D eigenvalue weighted by atomic mass is 9.96. The molecule has 41 heavy (non-hydrogen) atoms. The molecule has 2 aliphatic rings. The number of carbonyl (C=O) groups excluding carboxylic acids is 2. The Hall–Kier alpha value is -4.78. The Balaban J connectivity index is 1.17. The number of aryl methyl sites for hydroxylation is 1. The van der Waals surface area contributed by atoms with Crippen LogP contribution in [0.1, 0.15) is 30.3 Å². The second kappa shape index (κ2) is 10.3. The molecule has 2 amide bonds. The Labute approximate surface area is 237 Å². The summed E-state index contributed by atoms with van der Waals surface area (Å²) in [4.78, 5) is 37.5. The Morgan fingerprint density at radius 1 is 1.17 bits per heavy atom. The number of methoxy groups -OCH3 is 1. The molecule has 210 valence electrons. The third-order valence-corrected chi connectivity index (χ3v) is 6.96. The SMILES string of the molecule is COc1ncc(OC(=O)NC2(C(=O)NC3COc4cc(-c5cc(Cl)cc(F)c5-c5noc(C)n5)ccc43)CC2)cn1. The first kappa shape index (κ1) is 26.4. The summed E-state index contributed by atoms with van der Waals surface area (Å²) in [5, 5.41) is 9.65. The second-order valence-electron chi connectivity index (χ2n) is 9.54. The van der Waals surface area contributed by atoms with Gasteiger partial charge in [-0.3, -0.25) is 4.79 Å². The minimum atomic E-state index is -1.09. The van der Waals surface area contributed by atoms with Gasteiger partial charge in [0.2, 0.25) is 17.6 Å². The first-order valence-electron chi connectivity index (χ1n) is 12.5. The van der Waals surface area contributed by atoms with Crippen molar-refractivity contribution in [3.05, 3.63) is 65.0 Å². The van der Waals surface area contributed by atoms with Crippen molar-refractivity contribution in [1.82, 2.24) is 30.7 Å². The van der Waals surface area contributed by atoms with Gasteiger partial charge in [0.05, 0.1) is 31.1 Å². The highest BCUT2D eigenvalue weighted by Crippen LogP contribution is 2.42. The highest BCUT2D eigenvalue weighted by atomic mass is 35.5. The smallest absolute Gasteiger partial charge is 0.413 e. The average Bonchev–Trinajstić information content (AvgIpc) is 3.43. The molecule has 1 saturated carbocycles.